The van der Waals surface area contributed by atoms with Crippen molar-refractivity contribution in [3.05, 3.63) is 93.4 Å². The lowest BCUT2D eigenvalue weighted by molar-refractivity contribution is 0.0945. The number of para-hydroxylation sites is 1. The Bertz CT molecular complexity index is 1220. The molecule has 1 unspecified atom stereocenters. The summed E-state index contributed by atoms with van der Waals surface area (Å²) in [5, 5.41) is 2.99. The fraction of sp³-hybridized carbons (Fsp3) is 0.357. The molecular weight excluding hydrogens is 442 g/mol. The number of rotatable bonds is 8. The van der Waals surface area contributed by atoms with Crippen molar-refractivity contribution >= 4 is 5.91 Å². The zero-order valence-electron chi connectivity index (χ0n) is 20.6. The minimum absolute atomic E-state index is 0.143. The molecule has 0 aliphatic carbocycles. The molecule has 0 bridgehead atoms. The van der Waals surface area contributed by atoms with Gasteiger partial charge in [-0.3, -0.25) is 9.59 Å². The first kappa shape index (κ1) is 24.5. The second kappa shape index (κ2) is 11.2. The third kappa shape index (κ3) is 5.57. The number of fused-ring (bicyclic) bond motifs is 1. The lowest BCUT2D eigenvalue weighted by Gasteiger charge is -2.24. The van der Waals surface area contributed by atoms with E-state index in [0.29, 0.717) is 42.5 Å². The van der Waals surface area contributed by atoms with E-state index in [4.69, 9.17) is 9.47 Å². The number of benzene rings is 2. The van der Waals surface area contributed by atoms with Crippen LogP contribution in [0, 0.1) is 0 Å². The number of nitrogens with one attached hydrogen (secondary N) is 1. The van der Waals surface area contributed by atoms with Crippen molar-refractivity contribution in [2.24, 2.45) is 0 Å². The molecule has 1 aliphatic rings. The molecule has 3 aromatic rings. The molecule has 0 fully saturated rings. The number of carbonyl (C=O) groups excluding carboxylic acids is 1. The van der Waals surface area contributed by atoms with Crippen LogP contribution in [0.2, 0.25) is 0 Å². The monoisotopic (exact) mass is 475 g/mol. The van der Waals surface area contributed by atoms with Crippen molar-refractivity contribution in [2.75, 3.05) is 33.9 Å². The predicted molar refractivity (Wildman–Crippen MR) is 136 cm³/mol. The molecule has 1 atom stereocenters. The van der Waals surface area contributed by atoms with Gasteiger partial charge in [0.15, 0.2) is 0 Å². The zero-order chi connectivity index (χ0) is 24.8. The molecule has 7 heteroatoms. The van der Waals surface area contributed by atoms with Crippen LogP contribution in [0.3, 0.4) is 0 Å². The Balaban J connectivity index is 1.55. The summed E-state index contributed by atoms with van der Waals surface area (Å²) in [5.41, 5.74) is 3.19. The normalized spacial score (nSPS) is 14.5. The molecule has 1 amide bonds. The number of hydrogen-bond donors (Lipinski definition) is 1. The van der Waals surface area contributed by atoms with Crippen LogP contribution < -0.4 is 20.3 Å². The van der Waals surface area contributed by atoms with E-state index in [1.54, 1.807) is 11.7 Å². The molecule has 1 aliphatic heterocycles. The summed E-state index contributed by atoms with van der Waals surface area (Å²) in [4.78, 5) is 28.6. The highest BCUT2D eigenvalue weighted by Crippen LogP contribution is 2.25. The SMILES string of the molecule is COc1ccccc1CNC(=O)c1c(OC)cc(=O)n2c1CCN(CC(C)c1ccccc1)CC2. The summed E-state index contributed by atoms with van der Waals surface area (Å²) in [6.45, 7) is 5.46. The smallest absolute Gasteiger partial charge is 0.257 e. The van der Waals surface area contributed by atoms with E-state index in [0.717, 1.165) is 30.9 Å². The van der Waals surface area contributed by atoms with Gasteiger partial charge >= 0.3 is 0 Å². The van der Waals surface area contributed by atoms with E-state index in [-0.39, 0.29) is 11.5 Å². The van der Waals surface area contributed by atoms with Crippen molar-refractivity contribution in [3.63, 3.8) is 0 Å². The van der Waals surface area contributed by atoms with E-state index in [1.807, 2.05) is 30.3 Å². The third-order valence-electron chi connectivity index (χ3n) is 6.67. The number of amides is 1. The Hall–Kier alpha value is -3.58. The van der Waals surface area contributed by atoms with Gasteiger partial charge in [0.05, 0.1) is 14.2 Å². The van der Waals surface area contributed by atoms with Crippen LogP contribution in [-0.2, 0) is 19.5 Å². The van der Waals surface area contributed by atoms with Gasteiger partial charge in [-0.1, -0.05) is 55.5 Å². The average Bonchev–Trinajstić information content (AvgIpc) is 3.10. The largest absolute Gasteiger partial charge is 0.496 e. The lowest BCUT2D eigenvalue weighted by Crippen LogP contribution is -2.32. The second-order valence-corrected chi connectivity index (χ2v) is 8.88. The van der Waals surface area contributed by atoms with Gasteiger partial charge in [-0.05, 0) is 17.5 Å². The van der Waals surface area contributed by atoms with Crippen LogP contribution in [0.25, 0.3) is 0 Å². The first-order chi connectivity index (χ1) is 17.0. The molecular formula is C28H33N3O4. The maximum Gasteiger partial charge on any atom is 0.257 e. The highest BCUT2D eigenvalue weighted by atomic mass is 16.5. The van der Waals surface area contributed by atoms with E-state index in [1.165, 1.54) is 18.7 Å². The van der Waals surface area contributed by atoms with Crippen LogP contribution in [0.1, 0.15) is 40.0 Å². The molecule has 7 nitrogen and oxygen atoms in total. The number of ether oxygens (including phenoxy) is 2. The lowest BCUT2D eigenvalue weighted by atomic mass is 10.0. The first-order valence-corrected chi connectivity index (χ1v) is 12.0. The van der Waals surface area contributed by atoms with Gasteiger partial charge in [0, 0.05) is 56.5 Å². The Morgan fingerprint density at radius 1 is 0.971 bits per heavy atom. The molecule has 1 N–H and O–H groups in total. The van der Waals surface area contributed by atoms with Crippen molar-refractivity contribution < 1.29 is 14.3 Å². The molecule has 0 saturated heterocycles. The van der Waals surface area contributed by atoms with Gasteiger partial charge in [0.2, 0.25) is 0 Å². The molecule has 4 rings (SSSR count). The summed E-state index contributed by atoms with van der Waals surface area (Å²) < 4.78 is 12.6. The van der Waals surface area contributed by atoms with Gasteiger partial charge in [-0.25, -0.2) is 0 Å². The highest BCUT2D eigenvalue weighted by Gasteiger charge is 2.26. The van der Waals surface area contributed by atoms with E-state index < -0.39 is 0 Å². The Morgan fingerprint density at radius 2 is 1.69 bits per heavy atom. The minimum Gasteiger partial charge on any atom is -0.496 e. The predicted octanol–water partition coefficient (Wildman–Crippen LogP) is 3.46. The molecule has 0 saturated carbocycles. The summed E-state index contributed by atoms with van der Waals surface area (Å²) >= 11 is 0. The van der Waals surface area contributed by atoms with Crippen LogP contribution >= 0.6 is 0 Å². The number of carbonyl (C=O) groups is 1. The van der Waals surface area contributed by atoms with Gasteiger partial charge in [0.1, 0.15) is 17.1 Å². The number of hydrogen-bond acceptors (Lipinski definition) is 5. The Labute approximate surface area is 206 Å². The maximum absolute atomic E-state index is 13.4. The molecule has 2 aromatic carbocycles. The number of nitrogens with zero attached hydrogens (tertiary/aromatic N) is 2. The zero-order valence-corrected chi connectivity index (χ0v) is 20.6. The summed E-state index contributed by atoms with van der Waals surface area (Å²) in [6.07, 6.45) is 0.589. The van der Waals surface area contributed by atoms with Crippen molar-refractivity contribution in [2.45, 2.75) is 32.4 Å². The number of pyridine rings is 1. The highest BCUT2D eigenvalue weighted by molar-refractivity contribution is 5.98. The standard InChI is InChI=1S/C28H33N3O4/c1-20(21-9-5-4-6-10-21)19-30-14-13-23-27(25(35-3)17-26(32)31(23)16-15-30)28(33)29-18-22-11-7-8-12-24(22)34-2/h4-12,17,20H,13-16,18-19H2,1-3H3,(H,29,33). The van der Waals surface area contributed by atoms with E-state index in [9.17, 15) is 9.59 Å². The average molecular weight is 476 g/mol. The van der Waals surface area contributed by atoms with E-state index in [2.05, 4.69) is 41.4 Å². The first-order valence-electron chi connectivity index (χ1n) is 12.0. The molecule has 2 heterocycles. The van der Waals surface area contributed by atoms with Gasteiger partial charge in [-0.2, -0.15) is 0 Å². The topological polar surface area (TPSA) is 72.8 Å². The molecule has 184 valence electrons. The van der Waals surface area contributed by atoms with Gasteiger partial charge in [-0.15, -0.1) is 0 Å². The number of aromatic nitrogens is 1. The quantitative estimate of drug-likeness (QED) is 0.540. The fourth-order valence-electron chi connectivity index (χ4n) is 4.77. The summed E-state index contributed by atoms with van der Waals surface area (Å²) in [5.74, 6) is 1.13. The maximum atomic E-state index is 13.4. The Morgan fingerprint density at radius 3 is 2.43 bits per heavy atom. The molecule has 0 spiro atoms. The van der Waals surface area contributed by atoms with Crippen LogP contribution in [0.4, 0.5) is 0 Å². The van der Waals surface area contributed by atoms with Gasteiger partial charge in [0.25, 0.3) is 11.5 Å². The summed E-state index contributed by atoms with van der Waals surface area (Å²) in [7, 11) is 3.10. The summed E-state index contributed by atoms with van der Waals surface area (Å²) in [6, 6.07) is 19.4. The molecule has 0 radical (unpaired) electrons. The second-order valence-electron chi connectivity index (χ2n) is 8.88. The Kier molecular flexibility index (Phi) is 7.87. The van der Waals surface area contributed by atoms with E-state index >= 15 is 0 Å². The molecule has 1 aromatic heterocycles. The van der Waals surface area contributed by atoms with Crippen LogP contribution in [0.15, 0.2) is 65.5 Å². The van der Waals surface area contributed by atoms with Crippen molar-refractivity contribution in [1.82, 2.24) is 14.8 Å². The molecule has 35 heavy (non-hydrogen) atoms. The fourth-order valence-corrected chi connectivity index (χ4v) is 4.77. The van der Waals surface area contributed by atoms with Crippen LogP contribution in [0.5, 0.6) is 11.5 Å². The van der Waals surface area contributed by atoms with Crippen molar-refractivity contribution in [1.29, 1.82) is 0 Å². The third-order valence-corrected chi connectivity index (χ3v) is 6.67. The minimum atomic E-state index is -0.261. The van der Waals surface area contributed by atoms with Crippen LogP contribution in [-0.4, -0.2) is 49.2 Å². The van der Waals surface area contributed by atoms with Crippen molar-refractivity contribution in [3.8, 4) is 11.5 Å². The van der Waals surface area contributed by atoms with Gasteiger partial charge < -0.3 is 24.3 Å². The number of methoxy groups -OCH3 is 2.